The van der Waals surface area contributed by atoms with Gasteiger partial charge in [-0.05, 0) is 84.6 Å². The Balaban J connectivity index is 0.00000240. The van der Waals surface area contributed by atoms with E-state index in [4.69, 9.17) is 0 Å². The van der Waals surface area contributed by atoms with E-state index in [2.05, 4.69) is 37.4 Å². The van der Waals surface area contributed by atoms with Gasteiger partial charge in [-0.2, -0.15) is 0 Å². The van der Waals surface area contributed by atoms with Crippen molar-refractivity contribution >= 4 is 29.9 Å². The van der Waals surface area contributed by atoms with Crippen molar-refractivity contribution in [2.24, 2.45) is 4.99 Å². The Labute approximate surface area is 195 Å². The van der Waals surface area contributed by atoms with Crippen LogP contribution in [0.15, 0.2) is 4.99 Å². The van der Waals surface area contributed by atoms with Gasteiger partial charge in [-0.3, -0.25) is 9.89 Å². The molecule has 0 unspecified atom stereocenters. The molecule has 4 rings (SSSR count). The highest BCUT2D eigenvalue weighted by molar-refractivity contribution is 14.0. The fourth-order valence-corrected chi connectivity index (χ4v) is 5.49. The van der Waals surface area contributed by atoms with Crippen molar-refractivity contribution in [2.45, 2.75) is 75.4 Å². The van der Waals surface area contributed by atoms with E-state index in [0.717, 1.165) is 18.5 Å². The van der Waals surface area contributed by atoms with E-state index in [0.29, 0.717) is 11.6 Å². The van der Waals surface area contributed by atoms with Gasteiger partial charge in [0.2, 0.25) is 0 Å². The second-order valence-electron chi connectivity index (χ2n) is 9.69. The van der Waals surface area contributed by atoms with E-state index in [9.17, 15) is 0 Å². The molecule has 0 bridgehead atoms. The topological polar surface area (TPSA) is 46.1 Å². The van der Waals surface area contributed by atoms with Crippen molar-refractivity contribution in [3.8, 4) is 0 Å². The summed E-state index contributed by atoms with van der Waals surface area (Å²) in [5, 5.41) is 7.49. The first-order chi connectivity index (χ1) is 13.7. The molecule has 0 aromatic carbocycles. The molecule has 1 saturated carbocycles. The molecule has 0 spiro atoms. The minimum atomic E-state index is 0. The summed E-state index contributed by atoms with van der Waals surface area (Å²) >= 11 is 0. The lowest BCUT2D eigenvalue weighted by molar-refractivity contribution is 0.0172. The maximum Gasteiger partial charge on any atom is 0.191 e. The Morgan fingerprint density at radius 1 is 0.931 bits per heavy atom. The van der Waals surface area contributed by atoms with Crippen LogP contribution in [-0.4, -0.2) is 98.2 Å². The lowest BCUT2D eigenvalue weighted by Gasteiger charge is -2.50. The molecule has 7 heteroatoms. The SMILES string of the molecule is CN=C(NCC1(N2CCCCC2)CCN(C)CC1)NC1CCN(C2CC2)CC1.I. The Morgan fingerprint density at radius 3 is 2.17 bits per heavy atom. The summed E-state index contributed by atoms with van der Waals surface area (Å²) in [6.07, 6.45) is 12.0. The summed E-state index contributed by atoms with van der Waals surface area (Å²) in [6.45, 7) is 8.51. The summed E-state index contributed by atoms with van der Waals surface area (Å²) in [7, 11) is 4.19. The second-order valence-corrected chi connectivity index (χ2v) is 9.69. The molecular formula is C22H43IN6. The highest BCUT2D eigenvalue weighted by atomic mass is 127. The van der Waals surface area contributed by atoms with E-state index in [1.54, 1.807) is 0 Å². The number of nitrogens with one attached hydrogen (secondary N) is 2. The first-order valence-electron chi connectivity index (χ1n) is 11.8. The van der Waals surface area contributed by atoms with Crippen LogP contribution in [0.4, 0.5) is 0 Å². The van der Waals surface area contributed by atoms with Crippen molar-refractivity contribution in [1.82, 2.24) is 25.3 Å². The highest BCUT2D eigenvalue weighted by Crippen LogP contribution is 2.31. The quantitative estimate of drug-likeness (QED) is 0.333. The van der Waals surface area contributed by atoms with Gasteiger partial charge in [-0.25, -0.2) is 0 Å². The Kier molecular flexibility index (Phi) is 8.89. The van der Waals surface area contributed by atoms with Crippen LogP contribution in [0, 0.1) is 0 Å². The third kappa shape index (κ3) is 6.20. The van der Waals surface area contributed by atoms with Crippen molar-refractivity contribution in [1.29, 1.82) is 0 Å². The Hall–Kier alpha value is -0.120. The van der Waals surface area contributed by atoms with Gasteiger partial charge in [0.15, 0.2) is 5.96 Å². The monoisotopic (exact) mass is 518 g/mol. The molecule has 3 heterocycles. The molecule has 6 nitrogen and oxygen atoms in total. The molecule has 3 aliphatic heterocycles. The van der Waals surface area contributed by atoms with E-state index in [1.807, 2.05) is 7.05 Å². The zero-order valence-corrected chi connectivity index (χ0v) is 21.0. The molecule has 3 saturated heterocycles. The average Bonchev–Trinajstić information content (AvgIpc) is 3.59. The number of rotatable bonds is 5. The van der Waals surface area contributed by atoms with Crippen molar-refractivity contribution in [3.63, 3.8) is 0 Å². The second kappa shape index (κ2) is 11.0. The number of aliphatic imine (C=N–C) groups is 1. The molecule has 0 atom stereocenters. The molecule has 168 valence electrons. The third-order valence-corrected chi connectivity index (χ3v) is 7.69. The van der Waals surface area contributed by atoms with Crippen LogP contribution in [0.5, 0.6) is 0 Å². The number of hydrogen-bond acceptors (Lipinski definition) is 4. The van der Waals surface area contributed by atoms with Gasteiger partial charge in [0.05, 0.1) is 0 Å². The Morgan fingerprint density at radius 2 is 1.59 bits per heavy atom. The minimum absolute atomic E-state index is 0. The minimum Gasteiger partial charge on any atom is -0.355 e. The van der Waals surface area contributed by atoms with Crippen LogP contribution in [0.1, 0.15) is 57.8 Å². The number of hydrogen-bond donors (Lipinski definition) is 2. The van der Waals surface area contributed by atoms with Crippen molar-refractivity contribution < 1.29 is 0 Å². The molecule has 0 amide bonds. The predicted octanol–water partition coefficient (Wildman–Crippen LogP) is 2.35. The standard InChI is InChI=1S/C22H42N6.HI/c1-23-21(25-19-8-14-27(15-9-19)20-6-7-20)24-18-22(10-16-26(2)17-11-22)28-12-4-3-5-13-28;/h19-20H,3-18H2,1-2H3,(H2,23,24,25);1H. The average molecular weight is 519 g/mol. The molecule has 0 aromatic rings. The van der Waals surface area contributed by atoms with Gasteiger partial charge in [-0.15, -0.1) is 24.0 Å². The Bertz CT molecular complexity index is 515. The molecule has 0 radical (unpaired) electrons. The zero-order chi connectivity index (χ0) is 19.4. The van der Waals surface area contributed by atoms with Crippen LogP contribution in [-0.2, 0) is 0 Å². The highest BCUT2D eigenvalue weighted by Gasteiger charge is 2.40. The fraction of sp³-hybridized carbons (Fsp3) is 0.955. The molecule has 0 aromatic heterocycles. The van der Waals surface area contributed by atoms with Crippen LogP contribution in [0.2, 0.25) is 0 Å². The van der Waals surface area contributed by atoms with Crippen molar-refractivity contribution in [2.75, 3.05) is 59.9 Å². The van der Waals surface area contributed by atoms with E-state index >= 15 is 0 Å². The summed E-state index contributed by atoms with van der Waals surface area (Å²) in [4.78, 5) is 12.6. The maximum atomic E-state index is 4.58. The van der Waals surface area contributed by atoms with Crippen LogP contribution in [0.3, 0.4) is 0 Å². The summed E-state index contributed by atoms with van der Waals surface area (Å²) in [5.74, 6) is 1.01. The van der Waals surface area contributed by atoms with E-state index in [-0.39, 0.29) is 24.0 Å². The smallest absolute Gasteiger partial charge is 0.191 e. The lowest BCUT2D eigenvalue weighted by atomic mass is 9.84. The normalized spacial score (nSPS) is 28.0. The summed E-state index contributed by atoms with van der Waals surface area (Å²) < 4.78 is 0. The number of nitrogens with zero attached hydrogens (tertiary/aromatic N) is 4. The number of piperidine rings is 3. The van der Waals surface area contributed by atoms with Crippen molar-refractivity contribution in [3.05, 3.63) is 0 Å². The van der Waals surface area contributed by atoms with Gasteiger partial charge in [0.25, 0.3) is 0 Å². The fourth-order valence-electron chi connectivity index (χ4n) is 5.49. The van der Waals surface area contributed by atoms with Gasteiger partial charge >= 0.3 is 0 Å². The first kappa shape index (κ1) is 23.5. The van der Waals surface area contributed by atoms with E-state index < -0.39 is 0 Å². The molecule has 4 aliphatic rings. The molecular weight excluding hydrogens is 475 g/mol. The first-order valence-corrected chi connectivity index (χ1v) is 11.8. The lowest BCUT2D eigenvalue weighted by Crippen LogP contribution is -2.62. The molecule has 1 aliphatic carbocycles. The third-order valence-electron chi connectivity index (χ3n) is 7.69. The number of guanidine groups is 1. The number of likely N-dealkylation sites (tertiary alicyclic amines) is 3. The van der Waals surface area contributed by atoms with Gasteiger partial charge in [0.1, 0.15) is 0 Å². The van der Waals surface area contributed by atoms with Gasteiger partial charge in [0, 0.05) is 44.3 Å². The van der Waals surface area contributed by atoms with Gasteiger partial charge < -0.3 is 20.4 Å². The summed E-state index contributed by atoms with van der Waals surface area (Å²) in [5.41, 5.74) is 0.305. The largest absolute Gasteiger partial charge is 0.355 e. The molecule has 29 heavy (non-hydrogen) atoms. The summed E-state index contributed by atoms with van der Waals surface area (Å²) in [6, 6.07) is 1.48. The predicted molar refractivity (Wildman–Crippen MR) is 132 cm³/mol. The molecule has 2 N–H and O–H groups in total. The maximum absolute atomic E-state index is 4.58. The van der Waals surface area contributed by atoms with Crippen LogP contribution < -0.4 is 10.6 Å². The number of halogens is 1. The van der Waals surface area contributed by atoms with Crippen LogP contribution >= 0.6 is 24.0 Å². The zero-order valence-electron chi connectivity index (χ0n) is 18.7. The van der Waals surface area contributed by atoms with Crippen LogP contribution in [0.25, 0.3) is 0 Å². The van der Waals surface area contributed by atoms with Gasteiger partial charge in [-0.1, -0.05) is 6.42 Å². The van der Waals surface area contributed by atoms with E-state index in [1.165, 1.54) is 97.1 Å². The molecule has 4 fully saturated rings.